The molecule has 0 radical (unpaired) electrons. The Morgan fingerprint density at radius 1 is 1.03 bits per heavy atom. The summed E-state index contributed by atoms with van der Waals surface area (Å²) in [5.41, 5.74) is 5.38. The highest BCUT2D eigenvalue weighted by Crippen LogP contribution is 2.37. The van der Waals surface area contributed by atoms with E-state index in [-0.39, 0.29) is 28.5 Å². The molecule has 2 amide bonds. The van der Waals surface area contributed by atoms with E-state index in [4.69, 9.17) is 15.2 Å². The zero-order chi connectivity index (χ0) is 26.5. The van der Waals surface area contributed by atoms with Crippen molar-refractivity contribution in [2.24, 2.45) is 5.73 Å². The van der Waals surface area contributed by atoms with E-state index in [1.54, 1.807) is 0 Å². The van der Waals surface area contributed by atoms with E-state index >= 15 is 0 Å². The predicted molar refractivity (Wildman–Crippen MR) is 121 cm³/mol. The minimum absolute atomic E-state index is 0.00696. The number of methoxy groups -OCH3 is 1. The van der Waals surface area contributed by atoms with E-state index in [1.165, 1.54) is 31.5 Å². The highest BCUT2D eigenvalue weighted by molar-refractivity contribution is 6.06. The van der Waals surface area contributed by atoms with Gasteiger partial charge in [-0.05, 0) is 36.8 Å². The fourth-order valence-electron chi connectivity index (χ4n) is 3.16. The van der Waals surface area contributed by atoms with E-state index in [9.17, 15) is 27.2 Å². The van der Waals surface area contributed by atoms with Crippen LogP contribution < -0.4 is 25.3 Å². The van der Waals surface area contributed by atoms with Gasteiger partial charge in [0, 0.05) is 29.7 Å². The summed E-state index contributed by atoms with van der Waals surface area (Å²) in [6, 6.07) is 8.02. The van der Waals surface area contributed by atoms with E-state index in [1.807, 2.05) is 6.92 Å². The van der Waals surface area contributed by atoms with Crippen molar-refractivity contribution < 1.29 is 41.4 Å². The second-order valence-electron chi connectivity index (χ2n) is 7.40. The van der Waals surface area contributed by atoms with Gasteiger partial charge in [0.1, 0.15) is 22.9 Å². The third-order valence-corrected chi connectivity index (χ3v) is 4.75. The molecular weight excluding hydrogens is 486 g/mol. The molecule has 0 aliphatic carbocycles. The summed E-state index contributed by atoms with van der Waals surface area (Å²) in [4.78, 5) is 28.7. The number of halogens is 4. The topological polar surface area (TPSA) is 113 Å². The van der Waals surface area contributed by atoms with Gasteiger partial charge in [-0.25, -0.2) is 4.39 Å². The molecule has 0 unspecified atom stereocenters. The van der Waals surface area contributed by atoms with E-state index < -0.39 is 35.3 Å². The van der Waals surface area contributed by atoms with Crippen LogP contribution >= 0.6 is 0 Å². The van der Waals surface area contributed by atoms with Gasteiger partial charge in [0.15, 0.2) is 11.5 Å². The molecular formula is C24H21F4N3O5. The van der Waals surface area contributed by atoms with Crippen molar-refractivity contribution in [1.29, 1.82) is 0 Å². The quantitative estimate of drug-likeness (QED) is 0.384. The number of alkyl halides is 3. The van der Waals surface area contributed by atoms with Crippen LogP contribution in [0.3, 0.4) is 0 Å². The first-order valence-electron chi connectivity index (χ1n) is 10.5. The molecule has 8 nitrogen and oxygen atoms in total. The molecule has 0 aliphatic heterocycles. The number of carbonyl (C=O) groups is 2. The molecule has 0 saturated heterocycles. The number of nitrogens with zero attached hydrogens (tertiary/aromatic N) is 1. The first-order valence-corrected chi connectivity index (χ1v) is 10.5. The highest BCUT2D eigenvalue weighted by Gasteiger charge is 2.31. The van der Waals surface area contributed by atoms with Crippen LogP contribution in [-0.2, 0) is 6.42 Å². The lowest BCUT2D eigenvalue weighted by atomic mass is 10.1. The van der Waals surface area contributed by atoms with Crippen LogP contribution in [0.1, 0.15) is 39.8 Å². The maximum absolute atomic E-state index is 13.8. The van der Waals surface area contributed by atoms with Gasteiger partial charge in [0.05, 0.1) is 12.7 Å². The number of pyridine rings is 1. The molecule has 2 aromatic carbocycles. The number of primary amides is 1. The Bertz CT molecular complexity index is 1280. The standard InChI is InChI=1S/C24H21F4N3O5/c1-3-4-13-10-20(35-19-8-6-15(11-21(19)34-2)36-24(26,27)28)17(12-30-13)23(33)31-14-5-7-18(25)16(9-14)22(29)32/h5-12H,3-4H2,1-2H3,(H2,29,32)(H,31,33). The molecule has 3 aromatic rings. The molecule has 1 aromatic heterocycles. The average Bonchev–Trinajstić information content (AvgIpc) is 2.80. The molecule has 0 aliphatic rings. The van der Waals surface area contributed by atoms with Gasteiger partial charge in [0.2, 0.25) is 0 Å². The number of aryl methyl sites for hydroxylation is 1. The third-order valence-electron chi connectivity index (χ3n) is 4.75. The summed E-state index contributed by atoms with van der Waals surface area (Å²) in [5, 5.41) is 2.51. The van der Waals surface area contributed by atoms with Gasteiger partial charge in [-0.15, -0.1) is 13.2 Å². The van der Waals surface area contributed by atoms with Crippen molar-refractivity contribution in [3.8, 4) is 23.0 Å². The van der Waals surface area contributed by atoms with E-state index in [2.05, 4.69) is 15.0 Å². The maximum Gasteiger partial charge on any atom is 0.573 e. The van der Waals surface area contributed by atoms with Gasteiger partial charge >= 0.3 is 6.36 Å². The van der Waals surface area contributed by atoms with E-state index in [0.29, 0.717) is 12.1 Å². The van der Waals surface area contributed by atoms with Crippen LogP contribution in [0.25, 0.3) is 0 Å². The molecule has 1 heterocycles. The Morgan fingerprint density at radius 3 is 2.42 bits per heavy atom. The number of aromatic nitrogens is 1. The van der Waals surface area contributed by atoms with Crippen LogP contribution in [0.15, 0.2) is 48.7 Å². The first kappa shape index (κ1) is 26.3. The molecule has 0 fully saturated rings. The molecule has 3 rings (SSSR count). The number of ether oxygens (including phenoxy) is 3. The number of anilines is 1. The van der Waals surface area contributed by atoms with Crippen LogP contribution in [0.2, 0.25) is 0 Å². The normalized spacial score (nSPS) is 11.1. The summed E-state index contributed by atoms with van der Waals surface area (Å²) in [7, 11) is 1.23. The van der Waals surface area contributed by atoms with Crippen LogP contribution in [0, 0.1) is 5.82 Å². The van der Waals surface area contributed by atoms with E-state index in [0.717, 1.165) is 30.7 Å². The molecule has 0 atom stereocenters. The maximum atomic E-state index is 13.8. The summed E-state index contributed by atoms with van der Waals surface area (Å²) < 4.78 is 66.3. The second kappa shape index (κ2) is 10.9. The smallest absolute Gasteiger partial charge is 0.493 e. The summed E-state index contributed by atoms with van der Waals surface area (Å²) >= 11 is 0. The average molecular weight is 507 g/mol. The number of nitrogens with two attached hydrogens (primary N) is 1. The largest absolute Gasteiger partial charge is 0.573 e. The van der Waals surface area contributed by atoms with Crippen molar-refractivity contribution in [3.63, 3.8) is 0 Å². The zero-order valence-corrected chi connectivity index (χ0v) is 19.1. The molecule has 3 N–H and O–H groups in total. The first-order chi connectivity index (χ1) is 17.0. The molecule has 0 spiro atoms. The molecule has 0 saturated carbocycles. The highest BCUT2D eigenvalue weighted by atomic mass is 19.4. The SMILES string of the molecule is CCCc1cc(Oc2ccc(OC(F)(F)F)cc2OC)c(C(=O)Nc2ccc(F)c(C(N)=O)c2)cn1. The number of hydrogen-bond donors (Lipinski definition) is 2. The number of benzene rings is 2. The van der Waals surface area contributed by atoms with Gasteiger partial charge < -0.3 is 25.3 Å². The predicted octanol–water partition coefficient (Wildman–Crippen LogP) is 5.22. The van der Waals surface area contributed by atoms with Crippen molar-refractivity contribution in [2.75, 3.05) is 12.4 Å². The van der Waals surface area contributed by atoms with Gasteiger partial charge in [-0.1, -0.05) is 13.3 Å². The minimum atomic E-state index is -4.90. The van der Waals surface area contributed by atoms with Crippen LogP contribution in [-0.4, -0.2) is 30.3 Å². The summed E-state index contributed by atoms with van der Waals surface area (Å²) in [6.07, 6.45) is -2.32. The monoisotopic (exact) mass is 507 g/mol. The second-order valence-corrected chi connectivity index (χ2v) is 7.40. The Balaban J connectivity index is 1.95. The Hall–Kier alpha value is -4.35. The summed E-state index contributed by atoms with van der Waals surface area (Å²) in [6.45, 7) is 1.93. The number of rotatable bonds is 9. The molecule has 0 bridgehead atoms. The van der Waals surface area contributed by atoms with Crippen molar-refractivity contribution >= 4 is 17.5 Å². The lowest BCUT2D eigenvalue weighted by Gasteiger charge is -2.16. The van der Waals surface area contributed by atoms with Crippen molar-refractivity contribution in [1.82, 2.24) is 4.98 Å². The summed E-state index contributed by atoms with van der Waals surface area (Å²) in [5.74, 6) is -3.13. The Kier molecular flexibility index (Phi) is 7.97. The fraction of sp³-hybridized carbons (Fsp3) is 0.208. The van der Waals surface area contributed by atoms with Gasteiger partial charge in [-0.2, -0.15) is 0 Å². The molecule has 12 heteroatoms. The number of amides is 2. The number of hydrogen-bond acceptors (Lipinski definition) is 6. The van der Waals surface area contributed by atoms with Gasteiger partial charge in [0.25, 0.3) is 11.8 Å². The Labute approximate surface area is 203 Å². The van der Waals surface area contributed by atoms with Crippen LogP contribution in [0.5, 0.6) is 23.0 Å². The fourth-order valence-corrected chi connectivity index (χ4v) is 3.16. The number of carbonyl (C=O) groups excluding carboxylic acids is 2. The number of nitrogens with one attached hydrogen (secondary N) is 1. The van der Waals surface area contributed by atoms with Crippen molar-refractivity contribution in [3.05, 3.63) is 71.3 Å². The molecule has 190 valence electrons. The zero-order valence-electron chi connectivity index (χ0n) is 19.1. The Morgan fingerprint density at radius 2 is 1.78 bits per heavy atom. The lowest BCUT2D eigenvalue weighted by Crippen LogP contribution is -2.17. The molecule has 36 heavy (non-hydrogen) atoms. The van der Waals surface area contributed by atoms with Crippen LogP contribution in [0.4, 0.5) is 23.2 Å². The lowest BCUT2D eigenvalue weighted by molar-refractivity contribution is -0.274. The van der Waals surface area contributed by atoms with Gasteiger partial charge in [-0.3, -0.25) is 14.6 Å². The van der Waals surface area contributed by atoms with Crippen molar-refractivity contribution in [2.45, 2.75) is 26.1 Å². The minimum Gasteiger partial charge on any atom is -0.493 e. The third kappa shape index (κ3) is 6.62.